The van der Waals surface area contributed by atoms with Gasteiger partial charge in [-0.2, -0.15) is 11.8 Å². The molecule has 1 aliphatic carbocycles. The SMILES string of the molecule is CC1CCC(NC(=O)c2cc3c(s2)CCSC3)C1. The summed E-state index contributed by atoms with van der Waals surface area (Å²) in [7, 11) is 0. The number of carbonyl (C=O) groups excluding carboxylic acids is 1. The minimum Gasteiger partial charge on any atom is -0.349 e. The summed E-state index contributed by atoms with van der Waals surface area (Å²) in [5.41, 5.74) is 1.39. The van der Waals surface area contributed by atoms with Crippen molar-refractivity contribution in [1.29, 1.82) is 0 Å². The topological polar surface area (TPSA) is 29.1 Å². The molecule has 0 saturated heterocycles. The normalized spacial score (nSPS) is 26.9. The molecule has 1 amide bonds. The lowest BCUT2D eigenvalue weighted by Gasteiger charge is -2.11. The number of hydrogen-bond acceptors (Lipinski definition) is 3. The number of aryl methyl sites for hydroxylation is 1. The van der Waals surface area contributed by atoms with Crippen molar-refractivity contribution < 1.29 is 4.79 Å². The molecule has 0 radical (unpaired) electrons. The molecule has 2 atom stereocenters. The largest absolute Gasteiger partial charge is 0.349 e. The van der Waals surface area contributed by atoms with E-state index < -0.39 is 0 Å². The van der Waals surface area contributed by atoms with Crippen LogP contribution < -0.4 is 5.32 Å². The molecule has 1 saturated carbocycles. The molecule has 2 nitrogen and oxygen atoms in total. The van der Waals surface area contributed by atoms with Crippen LogP contribution in [0.4, 0.5) is 0 Å². The second-order valence-corrected chi connectivity index (χ2v) is 7.69. The Hall–Kier alpha value is -0.480. The Morgan fingerprint density at radius 3 is 3.06 bits per heavy atom. The lowest BCUT2D eigenvalue weighted by Crippen LogP contribution is -2.32. The van der Waals surface area contributed by atoms with E-state index in [0.717, 1.165) is 35.8 Å². The van der Waals surface area contributed by atoms with Crippen molar-refractivity contribution in [2.45, 2.75) is 44.4 Å². The van der Waals surface area contributed by atoms with Gasteiger partial charge in [0.15, 0.2) is 0 Å². The van der Waals surface area contributed by atoms with Crippen LogP contribution in [0.2, 0.25) is 0 Å². The predicted octanol–water partition coefficient (Wildman–Crippen LogP) is 3.46. The Morgan fingerprint density at radius 2 is 2.33 bits per heavy atom. The van der Waals surface area contributed by atoms with Crippen LogP contribution in [-0.2, 0) is 12.2 Å². The van der Waals surface area contributed by atoms with Crippen molar-refractivity contribution in [3.05, 3.63) is 21.4 Å². The maximum atomic E-state index is 12.2. The standard InChI is InChI=1S/C14H19NOS2/c1-9-2-3-11(6-9)15-14(16)13-7-10-8-17-5-4-12(10)18-13/h7,9,11H,2-6,8H2,1H3,(H,15,16). The first kappa shape index (κ1) is 12.5. The number of fused-ring (bicyclic) bond motifs is 1. The van der Waals surface area contributed by atoms with Gasteiger partial charge in [-0.05, 0) is 49.0 Å². The van der Waals surface area contributed by atoms with E-state index in [1.54, 1.807) is 11.3 Å². The van der Waals surface area contributed by atoms with Gasteiger partial charge in [-0.1, -0.05) is 6.92 Å². The summed E-state index contributed by atoms with van der Waals surface area (Å²) in [6.07, 6.45) is 4.68. The third kappa shape index (κ3) is 2.59. The molecule has 1 aliphatic heterocycles. The molecule has 2 heterocycles. The lowest BCUT2D eigenvalue weighted by atomic mass is 10.1. The molecule has 1 aromatic heterocycles. The highest BCUT2D eigenvalue weighted by Gasteiger charge is 2.24. The number of carbonyl (C=O) groups is 1. The van der Waals surface area contributed by atoms with E-state index in [0.29, 0.717) is 6.04 Å². The van der Waals surface area contributed by atoms with Gasteiger partial charge in [-0.15, -0.1) is 11.3 Å². The fraction of sp³-hybridized carbons (Fsp3) is 0.643. The summed E-state index contributed by atoms with van der Waals surface area (Å²) in [6.45, 7) is 2.27. The Kier molecular flexibility index (Phi) is 3.66. The first-order chi connectivity index (χ1) is 8.72. The van der Waals surface area contributed by atoms with E-state index in [4.69, 9.17) is 0 Å². The zero-order chi connectivity index (χ0) is 12.5. The van der Waals surface area contributed by atoms with Crippen molar-refractivity contribution in [2.75, 3.05) is 5.75 Å². The Balaban J connectivity index is 1.67. The van der Waals surface area contributed by atoms with Crippen LogP contribution in [0.15, 0.2) is 6.07 Å². The molecule has 0 bridgehead atoms. The van der Waals surface area contributed by atoms with Gasteiger partial charge in [0.05, 0.1) is 4.88 Å². The van der Waals surface area contributed by atoms with Gasteiger partial charge in [0.25, 0.3) is 5.91 Å². The average Bonchev–Trinajstić information content (AvgIpc) is 2.95. The summed E-state index contributed by atoms with van der Waals surface area (Å²) in [6, 6.07) is 2.51. The van der Waals surface area contributed by atoms with Crippen LogP contribution in [0, 0.1) is 5.92 Å². The quantitative estimate of drug-likeness (QED) is 0.899. The molecular weight excluding hydrogens is 262 g/mol. The first-order valence-corrected chi connectivity index (χ1v) is 8.69. The van der Waals surface area contributed by atoms with E-state index in [-0.39, 0.29) is 5.91 Å². The van der Waals surface area contributed by atoms with E-state index in [1.807, 2.05) is 11.8 Å². The maximum Gasteiger partial charge on any atom is 0.261 e. The molecular formula is C14H19NOS2. The second kappa shape index (κ2) is 5.25. The summed E-state index contributed by atoms with van der Waals surface area (Å²) in [5.74, 6) is 3.20. The smallest absolute Gasteiger partial charge is 0.261 e. The number of nitrogens with one attached hydrogen (secondary N) is 1. The van der Waals surface area contributed by atoms with Gasteiger partial charge in [-0.25, -0.2) is 0 Å². The Bertz CT molecular complexity index is 431. The van der Waals surface area contributed by atoms with Crippen LogP contribution in [0.5, 0.6) is 0 Å². The third-order valence-electron chi connectivity index (χ3n) is 3.88. The van der Waals surface area contributed by atoms with Gasteiger partial charge < -0.3 is 5.32 Å². The summed E-state index contributed by atoms with van der Waals surface area (Å²) in [4.78, 5) is 14.6. The molecule has 0 aromatic carbocycles. The van der Waals surface area contributed by atoms with Crippen LogP contribution in [-0.4, -0.2) is 17.7 Å². The minimum absolute atomic E-state index is 0.151. The van der Waals surface area contributed by atoms with Crippen molar-refractivity contribution >= 4 is 29.0 Å². The average molecular weight is 281 g/mol. The minimum atomic E-state index is 0.151. The molecule has 1 fully saturated rings. The number of amides is 1. The summed E-state index contributed by atoms with van der Waals surface area (Å²) in [5, 5.41) is 3.20. The molecule has 4 heteroatoms. The molecule has 1 N–H and O–H groups in total. The van der Waals surface area contributed by atoms with Crippen molar-refractivity contribution in [2.24, 2.45) is 5.92 Å². The van der Waals surface area contributed by atoms with Crippen LogP contribution >= 0.6 is 23.1 Å². The number of thiophene rings is 1. The highest BCUT2D eigenvalue weighted by molar-refractivity contribution is 7.98. The second-order valence-electron chi connectivity index (χ2n) is 5.45. The van der Waals surface area contributed by atoms with E-state index in [2.05, 4.69) is 18.3 Å². The van der Waals surface area contributed by atoms with Crippen LogP contribution in [0.3, 0.4) is 0 Å². The van der Waals surface area contributed by atoms with E-state index in [1.165, 1.54) is 22.6 Å². The zero-order valence-electron chi connectivity index (χ0n) is 10.7. The number of hydrogen-bond donors (Lipinski definition) is 1. The molecule has 3 rings (SSSR count). The third-order valence-corrected chi connectivity index (χ3v) is 6.13. The van der Waals surface area contributed by atoms with E-state index in [9.17, 15) is 4.79 Å². The fourth-order valence-electron chi connectivity index (χ4n) is 2.85. The molecule has 2 unspecified atom stereocenters. The highest BCUT2D eigenvalue weighted by atomic mass is 32.2. The zero-order valence-corrected chi connectivity index (χ0v) is 12.3. The van der Waals surface area contributed by atoms with Gasteiger partial charge in [0, 0.05) is 16.7 Å². The van der Waals surface area contributed by atoms with Gasteiger partial charge in [0.2, 0.25) is 0 Å². The van der Waals surface area contributed by atoms with Gasteiger partial charge in [0.1, 0.15) is 0 Å². The molecule has 18 heavy (non-hydrogen) atoms. The predicted molar refractivity (Wildman–Crippen MR) is 78.5 cm³/mol. The summed E-state index contributed by atoms with van der Waals surface area (Å²) < 4.78 is 0. The van der Waals surface area contributed by atoms with Crippen LogP contribution in [0.1, 0.15) is 46.3 Å². The highest BCUT2D eigenvalue weighted by Crippen LogP contribution is 2.32. The van der Waals surface area contributed by atoms with Crippen molar-refractivity contribution in [3.63, 3.8) is 0 Å². The van der Waals surface area contributed by atoms with Gasteiger partial charge >= 0.3 is 0 Å². The molecule has 2 aliphatic rings. The van der Waals surface area contributed by atoms with Gasteiger partial charge in [-0.3, -0.25) is 4.79 Å². The summed E-state index contributed by atoms with van der Waals surface area (Å²) >= 11 is 3.67. The Morgan fingerprint density at radius 1 is 1.44 bits per heavy atom. The lowest BCUT2D eigenvalue weighted by molar-refractivity contribution is 0.0941. The number of thioether (sulfide) groups is 1. The fourth-order valence-corrected chi connectivity index (χ4v) is 5.13. The maximum absolute atomic E-state index is 12.2. The molecule has 98 valence electrons. The van der Waals surface area contributed by atoms with Crippen molar-refractivity contribution in [1.82, 2.24) is 5.32 Å². The van der Waals surface area contributed by atoms with Crippen molar-refractivity contribution in [3.8, 4) is 0 Å². The first-order valence-electron chi connectivity index (χ1n) is 6.72. The molecule has 1 aromatic rings. The number of rotatable bonds is 2. The molecule has 0 spiro atoms. The Labute approximate surface area is 117 Å². The van der Waals surface area contributed by atoms with Crippen LogP contribution in [0.25, 0.3) is 0 Å². The monoisotopic (exact) mass is 281 g/mol. The van der Waals surface area contributed by atoms with E-state index >= 15 is 0 Å².